The molecule has 102 valence electrons. The highest BCUT2D eigenvalue weighted by Gasteiger charge is 2.13. The number of hydrogen-bond donors (Lipinski definition) is 2. The van der Waals surface area contributed by atoms with Gasteiger partial charge in [-0.2, -0.15) is 15.6 Å². The summed E-state index contributed by atoms with van der Waals surface area (Å²) in [4.78, 5) is 0.110. The maximum atomic E-state index is 8.63. The van der Waals surface area contributed by atoms with Crippen LogP contribution in [0, 0.1) is 22.7 Å². The van der Waals surface area contributed by atoms with Gasteiger partial charge in [0.2, 0.25) is 5.71 Å². The normalized spacial score (nSPS) is 8.80. The Balaban J connectivity index is 3.31. The smallest absolute Gasteiger partial charge is 0.237 e. The molecule has 0 amide bonds. The lowest BCUT2D eigenvalue weighted by Gasteiger charge is -2.13. The lowest BCUT2D eigenvalue weighted by molar-refractivity contribution is 0.355. The first-order valence-corrected chi connectivity index (χ1v) is 5.67. The monoisotopic (exact) mass is 289 g/mol. The summed E-state index contributed by atoms with van der Waals surface area (Å²) in [7, 11) is 2.96. The first kappa shape index (κ1) is 15.2. The number of nitriles is 2. The summed E-state index contributed by atoms with van der Waals surface area (Å²) < 4.78 is 10.3. The van der Waals surface area contributed by atoms with Crippen molar-refractivity contribution in [1.82, 2.24) is 0 Å². The Kier molecular flexibility index (Phi) is 5.27. The summed E-state index contributed by atoms with van der Waals surface area (Å²) in [6, 6.07) is 6.40. The molecule has 0 bridgehead atoms. The number of thiocarbonyl (C=S) groups is 1. The van der Waals surface area contributed by atoms with Gasteiger partial charge in [0.05, 0.1) is 19.9 Å². The number of rotatable bonds is 5. The number of nitrogens with zero attached hydrogens (tertiary/aromatic N) is 3. The Morgan fingerprint density at radius 2 is 1.80 bits per heavy atom. The van der Waals surface area contributed by atoms with Crippen molar-refractivity contribution in [2.24, 2.45) is 10.8 Å². The average molecular weight is 289 g/mol. The summed E-state index contributed by atoms with van der Waals surface area (Å²) in [5, 5.41) is 20.9. The second kappa shape index (κ2) is 6.92. The Morgan fingerprint density at radius 3 is 2.25 bits per heavy atom. The lowest BCUT2D eigenvalue weighted by atomic mass is 10.1. The van der Waals surface area contributed by atoms with E-state index in [0.717, 1.165) is 0 Å². The number of ether oxygens (including phenoxy) is 2. The van der Waals surface area contributed by atoms with Crippen LogP contribution in [0.5, 0.6) is 11.5 Å². The van der Waals surface area contributed by atoms with E-state index in [1.165, 1.54) is 14.2 Å². The van der Waals surface area contributed by atoms with E-state index in [1.807, 2.05) is 0 Å². The molecule has 0 aliphatic rings. The molecule has 0 aliphatic carbocycles. The minimum absolute atomic E-state index is 0.110. The molecule has 7 nitrogen and oxygen atoms in total. The molecular formula is C12H11N5O2S. The van der Waals surface area contributed by atoms with Gasteiger partial charge in [0.15, 0.2) is 11.5 Å². The van der Waals surface area contributed by atoms with Crippen LogP contribution in [-0.2, 0) is 0 Å². The maximum Gasteiger partial charge on any atom is 0.237 e. The van der Waals surface area contributed by atoms with Gasteiger partial charge >= 0.3 is 0 Å². The molecule has 1 aromatic carbocycles. The van der Waals surface area contributed by atoms with Crippen LogP contribution in [0.2, 0.25) is 0 Å². The largest absolute Gasteiger partial charge is 0.493 e. The van der Waals surface area contributed by atoms with Crippen LogP contribution in [0.15, 0.2) is 17.2 Å². The van der Waals surface area contributed by atoms with Crippen LogP contribution in [0.4, 0.5) is 5.69 Å². The van der Waals surface area contributed by atoms with Crippen LogP contribution in [0.1, 0.15) is 5.56 Å². The molecule has 0 saturated heterocycles. The van der Waals surface area contributed by atoms with Crippen molar-refractivity contribution in [1.29, 1.82) is 10.5 Å². The fourth-order valence-corrected chi connectivity index (χ4v) is 1.54. The highest BCUT2D eigenvalue weighted by Crippen LogP contribution is 2.33. The van der Waals surface area contributed by atoms with Crippen molar-refractivity contribution in [2.75, 3.05) is 19.6 Å². The number of nitrogens with two attached hydrogens (primary N) is 1. The molecule has 1 aromatic rings. The van der Waals surface area contributed by atoms with Crippen LogP contribution < -0.4 is 20.6 Å². The average Bonchev–Trinajstić information content (AvgIpc) is 2.47. The van der Waals surface area contributed by atoms with Gasteiger partial charge in [-0.3, -0.25) is 5.43 Å². The maximum absolute atomic E-state index is 8.63. The third-order valence-corrected chi connectivity index (χ3v) is 2.51. The Bertz CT molecular complexity index is 626. The van der Waals surface area contributed by atoms with E-state index in [0.29, 0.717) is 22.7 Å². The molecule has 1 rings (SSSR count). The van der Waals surface area contributed by atoms with Gasteiger partial charge in [0.1, 0.15) is 17.1 Å². The minimum Gasteiger partial charge on any atom is -0.493 e. The van der Waals surface area contributed by atoms with E-state index >= 15 is 0 Å². The van der Waals surface area contributed by atoms with Gasteiger partial charge in [0, 0.05) is 11.6 Å². The van der Waals surface area contributed by atoms with Gasteiger partial charge in [-0.15, -0.1) is 0 Å². The van der Waals surface area contributed by atoms with Crippen molar-refractivity contribution in [2.45, 2.75) is 0 Å². The summed E-state index contributed by atoms with van der Waals surface area (Å²) in [6.07, 6.45) is 0. The van der Waals surface area contributed by atoms with E-state index in [4.69, 9.17) is 37.9 Å². The fraction of sp³-hybridized carbons (Fsp3) is 0.167. The Morgan fingerprint density at radius 1 is 1.25 bits per heavy atom. The molecule has 3 N–H and O–H groups in total. The molecule has 0 aromatic heterocycles. The van der Waals surface area contributed by atoms with Crippen molar-refractivity contribution in [3.05, 3.63) is 17.7 Å². The number of hydrazone groups is 1. The van der Waals surface area contributed by atoms with E-state index in [2.05, 4.69) is 10.5 Å². The fourth-order valence-electron chi connectivity index (χ4n) is 1.37. The van der Waals surface area contributed by atoms with Crippen LogP contribution in [0.3, 0.4) is 0 Å². The molecule has 20 heavy (non-hydrogen) atoms. The van der Waals surface area contributed by atoms with Gasteiger partial charge in [-0.25, -0.2) is 0 Å². The number of hydrogen-bond acceptors (Lipinski definition) is 7. The first-order valence-electron chi connectivity index (χ1n) is 5.27. The molecule has 0 radical (unpaired) electrons. The molecule has 0 spiro atoms. The van der Waals surface area contributed by atoms with Crippen LogP contribution in [-0.4, -0.2) is 24.9 Å². The van der Waals surface area contributed by atoms with Crippen molar-refractivity contribution in [3.63, 3.8) is 0 Å². The predicted octanol–water partition coefficient (Wildman–Crippen LogP) is 1.15. The molecular weight excluding hydrogens is 278 g/mol. The number of anilines is 1. The zero-order chi connectivity index (χ0) is 15.1. The molecule has 0 aliphatic heterocycles. The van der Waals surface area contributed by atoms with E-state index in [1.54, 1.807) is 24.3 Å². The molecule has 0 unspecified atom stereocenters. The van der Waals surface area contributed by atoms with Crippen molar-refractivity contribution in [3.8, 4) is 23.6 Å². The van der Waals surface area contributed by atoms with E-state index < -0.39 is 0 Å². The highest BCUT2D eigenvalue weighted by molar-refractivity contribution is 7.80. The van der Waals surface area contributed by atoms with Gasteiger partial charge < -0.3 is 15.2 Å². The number of nitrogens with one attached hydrogen (secondary N) is 1. The Hall–Kier alpha value is -2.84. The van der Waals surface area contributed by atoms with E-state index in [-0.39, 0.29) is 10.7 Å². The molecule has 0 atom stereocenters. The zero-order valence-corrected chi connectivity index (χ0v) is 11.6. The second-order valence-corrected chi connectivity index (χ2v) is 3.85. The molecule has 0 heterocycles. The van der Waals surface area contributed by atoms with E-state index in [9.17, 15) is 0 Å². The summed E-state index contributed by atoms with van der Waals surface area (Å²) in [5.41, 5.74) is 8.71. The lowest BCUT2D eigenvalue weighted by Crippen LogP contribution is -2.13. The zero-order valence-electron chi connectivity index (χ0n) is 10.8. The third-order valence-electron chi connectivity index (χ3n) is 2.29. The topological polar surface area (TPSA) is 116 Å². The molecule has 0 saturated carbocycles. The van der Waals surface area contributed by atoms with Crippen molar-refractivity contribution < 1.29 is 9.47 Å². The number of benzene rings is 1. The Labute approximate surface area is 121 Å². The quantitative estimate of drug-likeness (QED) is 0.474. The minimum atomic E-state index is -0.325. The van der Waals surface area contributed by atoms with Crippen LogP contribution in [0.25, 0.3) is 0 Å². The first-order chi connectivity index (χ1) is 9.57. The SMILES string of the molecule is COc1cc(NN=C(C#N)C#N)c(C(N)=S)cc1OC. The third kappa shape index (κ3) is 3.34. The summed E-state index contributed by atoms with van der Waals surface area (Å²) >= 11 is 4.94. The second-order valence-electron chi connectivity index (χ2n) is 3.41. The highest BCUT2D eigenvalue weighted by atomic mass is 32.1. The molecule has 8 heteroatoms. The standard InChI is InChI=1S/C12H11N5O2S/c1-18-10-3-8(12(15)20)9(4-11(10)19-2)17-16-7(5-13)6-14/h3-4,17H,1-2H3,(H2,15,20). The van der Waals surface area contributed by atoms with Crippen LogP contribution >= 0.6 is 12.2 Å². The molecule has 0 fully saturated rings. The van der Waals surface area contributed by atoms with Gasteiger partial charge in [-0.05, 0) is 6.07 Å². The van der Waals surface area contributed by atoms with Gasteiger partial charge in [-0.1, -0.05) is 12.2 Å². The summed E-state index contributed by atoms with van der Waals surface area (Å²) in [6.45, 7) is 0. The van der Waals surface area contributed by atoms with Gasteiger partial charge in [0.25, 0.3) is 0 Å². The predicted molar refractivity (Wildman–Crippen MR) is 77.7 cm³/mol. The van der Waals surface area contributed by atoms with Crippen molar-refractivity contribution >= 4 is 28.6 Å². The number of methoxy groups -OCH3 is 2. The summed E-state index contributed by atoms with van der Waals surface area (Å²) in [5.74, 6) is 0.881.